The molecular weight excluding hydrogens is 466 g/mol. The maximum atomic E-state index is 13.4. The van der Waals surface area contributed by atoms with Gasteiger partial charge in [0, 0.05) is 5.02 Å². The van der Waals surface area contributed by atoms with Crippen molar-refractivity contribution in [3.8, 4) is 11.5 Å². The Balaban J connectivity index is 1.86. The van der Waals surface area contributed by atoms with Gasteiger partial charge in [-0.3, -0.25) is 9.10 Å². The molecule has 33 heavy (non-hydrogen) atoms. The highest BCUT2D eigenvalue weighted by Crippen LogP contribution is 2.29. The number of carbonyl (C=O) groups is 1. The van der Waals surface area contributed by atoms with Crippen LogP contribution in [-0.2, 0) is 14.8 Å². The van der Waals surface area contributed by atoms with Crippen LogP contribution >= 0.6 is 11.6 Å². The van der Waals surface area contributed by atoms with Crippen molar-refractivity contribution in [3.63, 3.8) is 0 Å². The Kier molecular flexibility index (Phi) is 7.57. The van der Waals surface area contributed by atoms with E-state index in [4.69, 9.17) is 16.3 Å². The highest BCUT2D eigenvalue weighted by Gasteiger charge is 2.28. The van der Waals surface area contributed by atoms with Crippen molar-refractivity contribution in [3.05, 3.63) is 82.9 Å². The topological polar surface area (TPSA) is 108 Å². The fourth-order valence-corrected chi connectivity index (χ4v) is 4.65. The zero-order valence-electron chi connectivity index (χ0n) is 17.9. The quantitative estimate of drug-likeness (QED) is 0.372. The van der Waals surface area contributed by atoms with E-state index in [1.165, 1.54) is 43.7 Å². The number of rotatable bonds is 8. The van der Waals surface area contributed by atoms with Gasteiger partial charge in [0.15, 0.2) is 11.5 Å². The molecule has 3 aromatic carbocycles. The average Bonchev–Trinajstić information content (AvgIpc) is 2.80. The minimum Gasteiger partial charge on any atom is -0.504 e. The highest BCUT2D eigenvalue weighted by molar-refractivity contribution is 7.92. The molecule has 0 saturated heterocycles. The van der Waals surface area contributed by atoms with E-state index in [2.05, 4.69) is 10.5 Å². The summed E-state index contributed by atoms with van der Waals surface area (Å²) in [6, 6.07) is 17.2. The second-order valence-electron chi connectivity index (χ2n) is 6.98. The number of carbonyl (C=O) groups excluding carboxylic acids is 1. The first-order chi connectivity index (χ1) is 15.7. The van der Waals surface area contributed by atoms with Crippen LogP contribution < -0.4 is 14.5 Å². The molecule has 3 aromatic rings. The SMILES string of the molecule is COc1cc(/C=N\NC(=O)CN(c2cc(Cl)ccc2C)S(=O)(=O)c2ccccc2)ccc1O. The fourth-order valence-electron chi connectivity index (χ4n) is 2.99. The monoisotopic (exact) mass is 487 g/mol. The normalized spacial score (nSPS) is 11.4. The molecule has 0 aliphatic heterocycles. The van der Waals surface area contributed by atoms with Gasteiger partial charge >= 0.3 is 0 Å². The summed E-state index contributed by atoms with van der Waals surface area (Å²) >= 11 is 6.11. The number of nitrogens with one attached hydrogen (secondary N) is 1. The first-order valence-electron chi connectivity index (χ1n) is 9.75. The number of phenols is 1. The molecule has 10 heteroatoms. The van der Waals surface area contributed by atoms with Crippen molar-refractivity contribution >= 4 is 39.4 Å². The van der Waals surface area contributed by atoms with E-state index in [1.807, 2.05) is 0 Å². The number of phenolic OH excluding ortho intramolecular Hbond substituents is 1. The predicted octanol–water partition coefficient (Wildman–Crippen LogP) is 3.71. The Labute approximate surface area is 197 Å². The maximum absolute atomic E-state index is 13.4. The third-order valence-electron chi connectivity index (χ3n) is 4.66. The standard InChI is InChI=1S/C23H22ClN3O5S/c1-16-8-10-18(24)13-20(16)27(33(30,31)19-6-4-3-5-7-19)15-23(29)26-25-14-17-9-11-21(28)22(12-17)32-2/h3-14,28H,15H2,1-2H3,(H,26,29)/b25-14-. The Morgan fingerprint density at radius 2 is 1.88 bits per heavy atom. The summed E-state index contributed by atoms with van der Waals surface area (Å²) in [5.41, 5.74) is 3.81. The zero-order chi connectivity index (χ0) is 24.0. The Bertz CT molecular complexity index is 1280. The summed E-state index contributed by atoms with van der Waals surface area (Å²) in [5, 5.41) is 13.9. The molecule has 172 valence electrons. The van der Waals surface area contributed by atoms with Crippen molar-refractivity contribution in [1.29, 1.82) is 0 Å². The summed E-state index contributed by atoms with van der Waals surface area (Å²) in [5.74, 6) is -0.435. The molecule has 0 aliphatic carbocycles. The van der Waals surface area contributed by atoms with Crippen molar-refractivity contribution in [2.45, 2.75) is 11.8 Å². The number of nitrogens with zero attached hydrogens (tertiary/aromatic N) is 2. The lowest BCUT2D eigenvalue weighted by Gasteiger charge is -2.25. The largest absolute Gasteiger partial charge is 0.504 e. The van der Waals surface area contributed by atoms with E-state index in [1.54, 1.807) is 43.3 Å². The Morgan fingerprint density at radius 1 is 1.15 bits per heavy atom. The van der Waals surface area contributed by atoms with E-state index in [9.17, 15) is 18.3 Å². The predicted molar refractivity (Wildman–Crippen MR) is 128 cm³/mol. The van der Waals surface area contributed by atoms with Gasteiger partial charge < -0.3 is 9.84 Å². The van der Waals surface area contributed by atoms with Crippen molar-refractivity contribution in [1.82, 2.24) is 5.43 Å². The van der Waals surface area contributed by atoms with Crippen LogP contribution in [0.1, 0.15) is 11.1 Å². The van der Waals surface area contributed by atoms with E-state index < -0.39 is 22.5 Å². The second kappa shape index (κ2) is 10.4. The number of ether oxygens (including phenoxy) is 1. The number of amides is 1. The van der Waals surface area contributed by atoms with Crippen LogP contribution in [-0.4, -0.2) is 39.3 Å². The summed E-state index contributed by atoms with van der Waals surface area (Å²) in [6.45, 7) is 1.21. The molecule has 0 spiro atoms. The molecule has 0 atom stereocenters. The highest BCUT2D eigenvalue weighted by atomic mass is 35.5. The van der Waals surface area contributed by atoms with Crippen LogP contribution in [0.5, 0.6) is 11.5 Å². The van der Waals surface area contributed by atoms with E-state index >= 15 is 0 Å². The number of aryl methyl sites for hydroxylation is 1. The molecule has 0 unspecified atom stereocenters. The summed E-state index contributed by atoms with van der Waals surface area (Å²) < 4.78 is 32.7. The van der Waals surface area contributed by atoms with Crippen LogP contribution in [0.15, 0.2) is 76.7 Å². The molecule has 0 bridgehead atoms. The lowest BCUT2D eigenvalue weighted by atomic mass is 10.2. The second-order valence-corrected chi connectivity index (χ2v) is 9.28. The van der Waals surface area contributed by atoms with Crippen LogP contribution in [0.25, 0.3) is 0 Å². The zero-order valence-corrected chi connectivity index (χ0v) is 19.5. The molecular formula is C23H22ClN3O5S. The number of benzene rings is 3. The minimum atomic E-state index is -4.06. The molecule has 1 amide bonds. The molecule has 0 saturated carbocycles. The molecule has 8 nitrogen and oxygen atoms in total. The van der Waals surface area contributed by atoms with Gasteiger partial charge in [-0.2, -0.15) is 5.10 Å². The van der Waals surface area contributed by atoms with Crippen LogP contribution in [0.3, 0.4) is 0 Å². The Morgan fingerprint density at radius 3 is 2.58 bits per heavy atom. The smallest absolute Gasteiger partial charge is 0.264 e. The molecule has 0 radical (unpaired) electrons. The van der Waals surface area contributed by atoms with E-state index in [0.717, 1.165) is 4.31 Å². The molecule has 2 N–H and O–H groups in total. The van der Waals surface area contributed by atoms with Crippen LogP contribution in [0.2, 0.25) is 5.02 Å². The first kappa shape index (κ1) is 24.1. The van der Waals surface area contributed by atoms with E-state index in [-0.39, 0.29) is 22.1 Å². The number of hydrazone groups is 1. The molecule has 3 rings (SSSR count). The van der Waals surface area contributed by atoms with Gasteiger partial charge in [-0.15, -0.1) is 0 Å². The number of halogens is 1. The number of hydrogen-bond donors (Lipinski definition) is 2. The summed E-state index contributed by atoms with van der Waals surface area (Å²) in [6.07, 6.45) is 1.35. The van der Waals surface area contributed by atoms with Gasteiger partial charge in [-0.1, -0.05) is 35.9 Å². The number of aromatic hydroxyl groups is 1. The van der Waals surface area contributed by atoms with Crippen LogP contribution in [0, 0.1) is 6.92 Å². The fraction of sp³-hybridized carbons (Fsp3) is 0.130. The molecule has 0 aliphatic rings. The number of hydrogen-bond acceptors (Lipinski definition) is 6. The van der Waals surface area contributed by atoms with Gasteiger partial charge in [0.2, 0.25) is 0 Å². The van der Waals surface area contributed by atoms with Crippen LogP contribution in [0.4, 0.5) is 5.69 Å². The van der Waals surface area contributed by atoms with Crippen molar-refractivity contribution in [2.24, 2.45) is 5.10 Å². The molecule has 0 aromatic heterocycles. The number of sulfonamides is 1. The lowest BCUT2D eigenvalue weighted by molar-refractivity contribution is -0.119. The number of methoxy groups -OCH3 is 1. The van der Waals surface area contributed by atoms with Crippen molar-refractivity contribution in [2.75, 3.05) is 18.0 Å². The van der Waals surface area contributed by atoms with Gasteiger partial charge in [-0.25, -0.2) is 13.8 Å². The third kappa shape index (κ3) is 5.82. The van der Waals surface area contributed by atoms with E-state index in [0.29, 0.717) is 16.1 Å². The lowest BCUT2D eigenvalue weighted by Crippen LogP contribution is -2.40. The maximum Gasteiger partial charge on any atom is 0.264 e. The summed E-state index contributed by atoms with van der Waals surface area (Å²) in [4.78, 5) is 12.7. The first-order valence-corrected chi connectivity index (χ1v) is 11.6. The minimum absolute atomic E-state index is 0.0302. The van der Waals surface area contributed by atoms with Gasteiger partial charge in [0.1, 0.15) is 6.54 Å². The third-order valence-corrected chi connectivity index (χ3v) is 6.67. The van der Waals surface area contributed by atoms with Gasteiger partial charge in [-0.05, 0) is 60.5 Å². The molecule has 0 heterocycles. The number of anilines is 1. The van der Waals surface area contributed by atoms with Gasteiger partial charge in [0.25, 0.3) is 15.9 Å². The van der Waals surface area contributed by atoms with Gasteiger partial charge in [0.05, 0.1) is 23.9 Å². The average molecular weight is 488 g/mol. The molecule has 0 fully saturated rings. The summed E-state index contributed by atoms with van der Waals surface area (Å²) in [7, 11) is -2.65. The van der Waals surface area contributed by atoms with Crippen molar-refractivity contribution < 1.29 is 23.1 Å². The Hall–Kier alpha value is -3.56.